The van der Waals surface area contributed by atoms with Gasteiger partial charge in [-0.05, 0) is 30.4 Å². The van der Waals surface area contributed by atoms with Gasteiger partial charge in [0.1, 0.15) is 5.75 Å². The van der Waals surface area contributed by atoms with Crippen molar-refractivity contribution in [3.63, 3.8) is 0 Å². The van der Waals surface area contributed by atoms with Crippen LogP contribution in [0, 0.1) is 0 Å². The topological polar surface area (TPSA) is 25.0 Å². The van der Waals surface area contributed by atoms with Crippen molar-refractivity contribution in [2.45, 2.75) is 18.6 Å². The zero-order chi connectivity index (χ0) is 11.5. The lowest BCUT2D eigenvalue weighted by Crippen LogP contribution is -1.99. The Morgan fingerprint density at radius 2 is 2.25 bits per heavy atom. The third-order valence-corrected chi connectivity index (χ3v) is 3.85. The Morgan fingerprint density at radius 1 is 1.44 bits per heavy atom. The Morgan fingerprint density at radius 3 is 2.94 bits per heavy atom. The molecule has 0 radical (unpaired) electrons. The Hall–Kier alpha value is -1.09. The number of H-pyrrole nitrogens is 1. The molecule has 1 heterocycles. The summed E-state index contributed by atoms with van der Waals surface area (Å²) in [5.74, 6) is 0.960. The predicted molar refractivity (Wildman–Crippen MR) is 71.5 cm³/mol. The van der Waals surface area contributed by atoms with Gasteiger partial charge >= 0.3 is 0 Å². The minimum absolute atomic E-state index is 0.629. The largest absolute Gasteiger partial charge is 0.496 e. The molecule has 0 saturated carbocycles. The molecule has 3 heteroatoms. The molecule has 0 aliphatic carbocycles. The minimum atomic E-state index is 0.629. The molecule has 0 saturated heterocycles. The maximum Gasteiger partial charge on any atom is 0.128 e. The molecule has 2 nitrogen and oxygen atoms in total. The molecule has 1 aromatic carbocycles. The molecule has 16 heavy (non-hydrogen) atoms. The van der Waals surface area contributed by atoms with E-state index in [-0.39, 0.29) is 0 Å². The Kier molecular flexibility index (Phi) is 3.44. The van der Waals surface area contributed by atoms with Crippen molar-refractivity contribution in [1.29, 1.82) is 0 Å². The summed E-state index contributed by atoms with van der Waals surface area (Å²) in [6, 6.07) is 6.12. The summed E-state index contributed by atoms with van der Waals surface area (Å²) in [5.41, 5.74) is 2.50. The fourth-order valence-corrected chi connectivity index (χ4v) is 2.29. The Labute approximate surface area is 100 Å². The number of hydrogen-bond donors (Lipinski definition) is 1. The summed E-state index contributed by atoms with van der Waals surface area (Å²) in [4.78, 5) is 3.30. The van der Waals surface area contributed by atoms with Crippen LogP contribution in [0.3, 0.4) is 0 Å². The van der Waals surface area contributed by atoms with E-state index in [1.165, 1.54) is 10.9 Å². The van der Waals surface area contributed by atoms with E-state index < -0.39 is 0 Å². The quantitative estimate of drug-likeness (QED) is 0.877. The van der Waals surface area contributed by atoms with E-state index in [9.17, 15) is 0 Å². The third kappa shape index (κ3) is 2.05. The van der Waals surface area contributed by atoms with Crippen molar-refractivity contribution in [3.8, 4) is 5.75 Å². The number of benzene rings is 1. The van der Waals surface area contributed by atoms with Gasteiger partial charge < -0.3 is 9.72 Å². The number of rotatable bonds is 4. The fraction of sp³-hybridized carbons (Fsp3) is 0.385. The maximum absolute atomic E-state index is 5.41. The van der Waals surface area contributed by atoms with Crippen LogP contribution < -0.4 is 4.74 Å². The average molecular weight is 235 g/mol. The molecule has 0 spiro atoms. The summed E-state index contributed by atoms with van der Waals surface area (Å²) in [7, 11) is 1.73. The van der Waals surface area contributed by atoms with Gasteiger partial charge in [0.05, 0.1) is 7.11 Å². The normalized spacial score (nSPS) is 12.9. The first-order valence-corrected chi connectivity index (χ1v) is 6.70. The molecule has 0 bridgehead atoms. The van der Waals surface area contributed by atoms with E-state index in [4.69, 9.17) is 4.74 Å². The summed E-state index contributed by atoms with van der Waals surface area (Å²) < 4.78 is 5.41. The monoisotopic (exact) mass is 235 g/mol. The Balaban J connectivity index is 2.45. The van der Waals surface area contributed by atoms with Gasteiger partial charge in [-0.25, -0.2) is 0 Å². The number of aromatic nitrogens is 1. The van der Waals surface area contributed by atoms with E-state index in [0.717, 1.165) is 17.7 Å². The zero-order valence-corrected chi connectivity index (χ0v) is 10.7. The van der Waals surface area contributed by atoms with Crippen LogP contribution in [-0.2, 0) is 6.42 Å². The van der Waals surface area contributed by atoms with Crippen molar-refractivity contribution in [2.75, 3.05) is 13.4 Å². The number of fused-ring (bicyclic) bond motifs is 1. The maximum atomic E-state index is 5.41. The second kappa shape index (κ2) is 4.83. The van der Waals surface area contributed by atoms with E-state index in [0.29, 0.717) is 5.25 Å². The second-order valence-electron chi connectivity index (χ2n) is 3.95. The van der Waals surface area contributed by atoms with Crippen LogP contribution in [0.15, 0.2) is 24.4 Å². The van der Waals surface area contributed by atoms with Crippen LogP contribution in [0.1, 0.15) is 12.5 Å². The Bertz CT molecular complexity index is 478. The summed E-state index contributed by atoms with van der Waals surface area (Å²) in [5, 5.41) is 1.86. The van der Waals surface area contributed by atoms with Crippen LogP contribution in [0.5, 0.6) is 5.75 Å². The summed E-state index contributed by atoms with van der Waals surface area (Å²) >= 11 is 1.89. The average Bonchev–Trinajstić information content (AvgIpc) is 2.72. The van der Waals surface area contributed by atoms with Crippen molar-refractivity contribution in [3.05, 3.63) is 30.0 Å². The van der Waals surface area contributed by atoms with Crippen molar-refractivity contribution in [1.82, 2.24) is 4.98 Å². The van der Waals surface area contributed by atoms with Crippen molar-refractivity contribution in [2.24, 2.45) is 0 Å². The van der Waals surface area contributed by atoms with Gasteiger partial charge in [-0.2, -0.15) is 11.8 Å². The molecule has 1 N–H and O–H groups in total. The van der Waals surface area contributed by atoms with Crippen LogP contribution in [0.25, 0.3) is 10.9 Å². The molecule has 2 aromatic rings. The van der Waals surface area contributed by atoms with Gasteiger partial charge in [0, 0.05) is 22.3 Å². The summed E-state index contributed by atoms with van der Waals surface area (Å²) in [6.45, 7) is 2.25. The highest BCUT2D eigenvalue weighted by atomic mass is 32.2. The summed E-state index contributed by atoms with van der Waals surface area (Å²) in [6.07, 6.45) is 5.32. The highest BCUT2D eigenvalue weighted by molar-refractivity contribution is 7.99. The number of nitrogens with one attached hydrogen (secondary N) is 1. The number of ether oxygens (including phenoxy) is 1. The van der Waals surface area contributed by atoms with E-state index >= 15 is 0 Å². The third-order valence-electron chi connectivity index (χ3n) is 2.88. The van der Waals surface area contributed by atoms with Gasteiger partial charge in [0.2, 0.25) is 0 Å². The smallest absolute Gasteiger partial charge is 0.128 e. The molecule has 2 rings (SSSR count). The van der Waals surface area contributed by atoms with Crippen molar-refractivity contribution < 1.29 is 4.74 Å². The second-order valence-corrected chi connectivity index (χ2v) is 5.22. The highest BCUT2D eigenvalue weighted by Gasteiger charge is 2.11. The first kappa shape index (κ1) is 11.4. The number of aromatic amines is 1. The van der Waals surface area contributed by atoms with Gasteiger partial charge in [0.15, 0.2) is 0 Å². The highest BCUT2D eigenvalue weighted by Crippen LogP contribution is 2.30. The molecule has 1 atom stereocenters. The van der Waals surface area contributed by atoms with E-state index in [1.54, 1.807) is 7.11 Å². The fourth-order valence-electron chi connectivity index (χ4n) is 1.94. The number of hydrogen-bond acceptors (Lipinski definition) is 2. The van der Waals surface area contributed by atoms with Crippen LogP contribution in [0.2, 0.25) is 0 Å². The lowest BCUT2D eigenvalue weighted by atomic mass is 10.1. The standard InChI is InChI=1S/C13H17NOS/c1-9(16-3)7-10-8-14-11-5-4-6-12(15-2)13(10)11/h4-6,8-9,14H,7H2,1-3H3. The molecular weight excluding hydrogens is 218 g/mol. The van der Waals surface area contributed by atoms with Crippen molar-refractivity contribution >= 4 is 22.7 Å². The van der Waals surface area contributed by atoms with Gasteiger partial charge in [-0.1, -0.05) is 13.0 Å². The van der Waals surface area contributed by atoms with Crippen LogP contribution in [-0.4, -0.2) is 23.6 Å². The molecule has 0 amide bonds. The lowest BCUT2D eigenvalue weighted by Gasteiger charge is -2.08. The number of methoxy groups -OCH3 is 1. The van der Waals surface area contributed by atoms with Gasteiger partial charge in [-0.15, -0.1) is 0 Å². The molecule has 0 aliphatic heterocycles. The minimum Gasteiger partial charge on any atom is -0.496 e. The molecular formula is C13H17NOS. The van der Waals surface area contributed by atoms with Gasteiger partial charge in [-0.3, -0.25) is 0 Å². The lowest BCUT2D eigenvalue weighted by molar-refractivity contribution is 0.419. The molecule has 86 valence electrons. The first-order valence-electron chi connectivity index (χ1n) is 5.42. The first-order chi connectivity index (χ1) is 7.76. The van der Waals surface area contributed by atoms with Crippen LogP contribution >= 0.6 is 11.8 Å². The number of thioether (sulfide) groups is 1. The SMILES string of the molecule is COc1cccc2[nH]cc(CC(C)SC)c12. The van der Waals surface area contributed by atoms with Gasteiger partial charge in [0.25, 0.3) is 0 Å². The molecule has 1 unspecified atom stereocenters. The molecule has 0 aliphatic rings. The zero-order valence-electron chi connectivity index (χ0n) is 9.91. The van der Waals surface area contributed by atoms with E-state index in [1.807, 2.05) is 23.9 Å². The predicted octanol–water partition coefficient (Wildman–Crippen LogP) is 3.47. The molecule has 1 aromatic heterocycles. The van der Waals surface area contributed by atoms with Crippen LogP contribution in [0.4, 0.5) is 0 Å². The molecule has 0 fully saturated rings. The van der Waals surface area contributed by atoms with E-state index in [2.05, 4.69) is 30.4 Å².